The summed E-state index contributed by atoms with van der Waals surface area (Å²) in [6.45, 7) is 0. The normalized spacial score (nSPS) is 11.5. The zero-order valence-corrected chi connectivity index (χ0v) is 14.1. The van der Waals surface area contributed by atoms with Gasteiger partial charge in [-0.2, -0.15) is 0 Å². The number of hydrogen-bond donors (Lipinski definition) is 2. The predicted molar refractivity (Wildman–Crippen MR) is 91.8 cm³/mol. The maximum absolute atomic E-state index is 13.9. The van der Waals surface area contributed by atoms with Crippen LogP contribution < -0.4 is 20.6 Å². The zero-order chi connectivity index (χ0) is 19.1. The number of nitrogen functional groups attached to an aromatic ring is 1. The first-order valence-electron chi connectivity index (χ1n) is 7.10. The summed E-state index contributed by atoms with van der Waals surface area (Å²) in [6.07, 6.45) is 1.92. The van der Waals surface area contributed by atoms with E-state index in [1.54, 1.807) is 0 Å². The first kappa shape index (κ1) is 17.7. The first-order chi connectivity index (χ1) is 12.1. The van der Waals surface area contributed by atoms with E-state index in [-0.39, 0.29) is 33.8 Å². The second kappa shape index (κ2) is 6.30. The van der Waals surface area contributed by atoms with Crippen LogP contribution in [0.4, 0.5) is 20.2 Å². The molecule has 3 N–H and O–H groups in total. The summed E-state index contributed by atoms with van der Waals surface area (Å²) >= 11 is 0. The molecule has 0 bridgehead atoms. The van der Waals surface area contributed by atoms with Gasteiger partial charge in [0.2, 0.25) is 15.5 Å². The van der Waals surface area contributed by atoms with Crippen molar-refractivity contribution in [2.24, 2.45) is 0 Å². The Balaban J connectivity index is 2.21. The molecule has 1 heterocycles. The molecule has 0 aliphatic heterocycles. The van der Waals surface area contributed by atoms with Gasteiger partial charge in [-0.3, -0.25) is 9.52 Å². The van der Waals surface area contributed by atoms with E-state index in [1.165, 1.54) is 6.07 Å². The molecular weight excluding hydrogens is 370 g/mol. The fraction of sp³-hybridized carbons (Fsp3) is 0.0625. The van der Waals surface area contributed by atoms with Crippen LogP contribution >= 0.6 is 0 Å². The Morgan fingerprint density at radius 2 is 1.88 bits per heavy atom. The Labute approximate surface area is 146 Å². The van der Waals surface area contributed by atoms with Crippen LogP contribution in [0.1, 0.15) is 0 Å². The highest BCUT2D eigenvalue weighted by Crippen LogP contribution is 2.35. The van der Waals surface area contributed by atoms with Crippen molar-refractivity contribution < 1.29 is 26.4 Å². The summed E-state index contributed by atoms with van der Waals surface area (Å²) in [4.78, 5) is 12.1. The van der Waals surface area contributed by atoms with Gasteiger partial charge in [0.05, 0.1) is 17.3 Å². The summed E-state index contributed by atoms with van der Waals surface area (Å²) < 4.78 is 62.8. The number of sulfonamides is 1. The molecule has 2 aromatic carbocycles. The number of halogens is 2. The van der Waals surface area contributed by atoms with E-state index in [2.05, 4.69) is 4.72 Å². The summed E-state index contributed by atoms with van der Waals surface area (Å²) in [6, 6.07) is 4.96. The van der Waals surface area contributed by atoms with Gasteiger partial charge >= 0.3 is 0 Å². The van der Waals surface area contributed by atoms with Crippen LogP contribution in [-0.4, -0.2) is 14.7 Å². The lowest BCUT2D eigenvalue weighted by Crippen LogP contribution is -2.12. The standard InChI is InChI=1S/C16H12F2N2O5S/c1-26(22,23)20-12-6-14-9(16(21)11(19)7-24-14)5-15(12)25-13-3-2-8(17)4-10(13)18/h2-7,20H,19H2,1H3. The third kappa shape index (κ3) is 3.59. The van der Waals surface area contributed by atoms with Gasteiger partial charge in [0.15, 0.2) is 17.3 Å². The lowest BCUT2D eigenvalue weighted by Gasteiger charge is -2.13. The third-order valence-electron chi connectivity index (χ3n) is 3.31. The van der Waals surface area contributed by atoms with Gasteiger partial charge in [0.25, 0.3) is 0 Å². The summed E-state index contributed by atoms with van der Waals surface area (Å²) in [7, 11) is -3.72. The molecule has 0 unspecified atom stereocenters. The van der Waals surface area contributed by atoms with Crippen molar-refractivity contribution in [2.45, 2.75) is 0 Å². The molecular formula is C16H12F2N2O5S. The van der Waals surface area contributed by atoms with E-state index < -0.39 is 27.1 Å². The predicted octanol–water partition coefficient (Wildman–Crippen LogP) is 2.82. The number of fused-ring (bicyclic) bond motifs is 1. The number of nitrogens with one attached hydrogen (secondary N) is 1. The quantitative estimate of drug-likeness (QED) is 0.718. The van der Waals surface area contributed by atoms with Crippen molar-refractivity contribution in [3.8, 4) is 11.5 Å². The molecule has 0 aliphatic rings. The molecule has 0 aliphatic carbocycles. The zero-order valence-electron chi connectivity index (χ0n) is 13.2. The largest absolute Gasteiger partial charge is 0.462 e. The second-order valence-electron chi connectivity index (χ2n) is 5.42. The van der Waals surface area contributed by atoms with Crippen molar-refractivity contribution >= 4 is 32.4 Å². The number of ether oxygens (including phenoxy) is 1. The van der Waals surface area contributed by atoms with Crippen LogP contribution in [0.3, 0.4) is 0 Å². The number of anilines is 2. The highest BCUT2D eigenvalue weighted by atomic mass is 32.2. The second-order valence-corrected chi connectivity index (χ2v) is 7.16. The van der Waals surface area contributed by atoms with Gasteiger partial charge in [0, 0.05) is 12.1 Å². The van der Waals surface area contributed by atoms with Crippen molar-refractivity contribution in [3.05, 3.63) is 58.5 Å². The fourth-order valence-corrected chi connectivity index (χ4v) is 2.77. The lowest BCUT2D eigenvalue weighted by molar-refractivity contribution is 0.439. The molecule has 0 saturated heterocycles. The summed E-state index contributed by atoms with van der Waals surface area (Å²) in [5, 5.41) is 0.00145. The number of benzene rings is 2. The first-order valence-corrected chi connectivity index (χ1v) is 8.99. The molecule has 0 amide bonds. The van der Waals surface area contributed by atoms with E-state index in [0.717, 1.165) is 30.7 Å². The summed E-state index contributed by atoms with van der Waals surface area (Å²) in [5.41, 5.74) is 4.72. The monoisotopic (exact) mass is 382 g/mol. The number of rotatable bonds is 4. The minimum Gasteiger partial charge on any atom is -0.462 e. The van der Waals surface area contributed by atoms with Gasteiger partial charge in [-0.1, -0.05) is 0 Å². The number of hydrogen-bond acceptors (Lipinski definition) is 6. The van der Waals surface area contributed by atoms with E-state index in [1.807, 2.05) is 0 Å². The molecule has 0 radical (unpaired) electrons. The Bertz CT molecular complexity index is 1180. The van der Waals surface area contributed by atoms with E-state index in [9.17, 15) is 22.0 Å². The van der Waals surface area contributed by atoms with Gasteiger partial charge in [-0.05, 0) is 18.2 Å². The van der Waals surface area contributed by atoms with Crippen molar-refractivity contribution in [2.75, 3.05) is 16.7 Å². The lowest BCUT2D eigenvalue weighted by atomic mass is 10.2. The molecule has 136 valence electrons. The summed E-state index contributed by atoms with van der Waals surface area (Å²) in [5.74, 6) is -2.37. The van der Waals surface area contributed by atoms with Crippen LogP contribution in [0.5, 0.6) is 11.5 Å². The van der Waals surface area contributed by atoms with Gasteiger partial charge in [-0.15, -0.1) is 0 Å². The molecule has 0 spiro atoms. The Hall–Kier alpha value is -3.14. The molecule has 10 heteroatoms. The molecule has 3 aromatic rings. The van der Waals surface area contributed by atoms with E-state index >= 15 is 0 Å². The minimum atomic E-state index is -3.72. The molecule has 7 nitrogen and oxygen atoms in total. The van der Waals surface area contributed by atoms with Gasteiger partial charge < -0.3 is 14.9 Å². The molecule has 0 fully saturated rings. The SMILES string of the molecule is CS(=O)(=O)Nc1cc2occ(N)c(=O)c2cc1Oc1ccc(F)cc1F. The Morgan fingerprint density at radius 3 is 2.54 bits per heavy atom. The average Bonchev–Trinajstić information content (AvgIpc) is 2.53. The molecule has 0 saturated carbocycles. The van der Waals surface area contributed by atoms with Gasteiger partial charge in [-0.25, -0.2) is 17.2 Å². The molecule has 26 heavy (non-hydrogen) atoms. The maximum atomic E-state index is 13.9. The van der Waals surface area contributed by atoms with Crippen LogP contribution in [0, 0.1) is 11.6 Å². The van der Waals surface area contributed by atoms with Crippen LogP contribution in [0.2, 0.25) is 0 Å². The number of nitrogens with two attached hydrogens (primary N) is 1. The smallest absolute Gasteiger partial charge is 0.229 e. The van der Waals surface area contributed by atoms with Crippen LogP contribution in [-0.2, 0) is 10.0 Å². The highest BCUT2D eigenvalue weighted by molar-refractivity contribution is 7.92. The Morgan fingerprint density at radius 1 is 1.15 bits per heavy atom. The molecule has 1 aromatic heterocycles. The fourth-order valence-electron chi connectivity index (χ4n) is 2.21. The third-order valence-corrected chi connectivity index (χ3v) is 3.90. The molecule has 3 rings (SSSR count). The average molecular weight is 382 g/mol. The van der Waals surface area contributed by atoms with Crippen molar-refractivity contribution in [1.82, 2.24) is 0 Å². The van der Waals surface area contributed by atoms with E-state index in [0.29, 0.717) is 6.07 Å². The van der Waals surface area contributed by atoms with Crippen LogP contribution in [0.15, 0.2) is 45.8 Å². The van der Waals surface area contributed by atoms with Crippen molar-refractivity contribution in [3.63, 3.8) is 0 Å². The molecule has 0 atom stereocenters. The topological polar surface area (TPSA) is 112 Å². The van der Waals surface area contributed by atoms with Crippen molar-refractivity contribution in [1.29, 1.82) is 0 Å². The minimum absolute atomic E-state index is 0.00145. The maximum Gasteiger partial charge on any atom is 0.229 e. The van der Waals surface area contributed by atoms with E-state index in [4.69, 9.17) is 14.9 Å². The van der Waals surface area contributed by atoms with Crippen LogP contribution in [0.25, 0.3) is 11.0 Å². The van der Waals surface area contributed by atoms with Gasteiger partial charge in [0.1, 0.15) is 23.4 Å². The highest BCUT2D eigenvalue weighted by Gasteiger charge is 2.16. The Kier molecular flexibility index (Phi) is 4.28.